The van der Waals surface area contributed by atoms with E-state index in [4.69, 9.17) is 9.84 Å². The lowest BCUT2D eigenvalue weighted by atomic mass is 9.90. The van der Waals surface area contributed by atoms with E-state index >= 15 is 0 Å². The molecule has 0 unspecified atom stereocenters. The molecule has 3 aromatic carbocycles. The maximum atomic E-state index is 12.0. The number of anilines is 1. The van der Waals surface area contributed by atoms with Crippen molar-refractivity contribution in [2.45, 2.75) is 12.1 Å². The van der Waals surface area contributed by atoms with Gasteiger partial charge < -0.3 is 10.1 Å². The molecule has 0 atom stereocenters. The monoisotopic (exact) mass is 436 g/mol. The second-order valence-corrected chi connectivity index (χ2v) is 8.79. The summed E-state index contributed by atoms with van der Waals surface area (Å²) in [6, 6.07) is 27.9. The lowest BCUT2D eigenvalue weighted by Crippen LogP contribution is -2.63. The molecule has 1 saturated heterocycles. The molecule has 6 nitrogen and oxygen atoms in total. The molecule has 2 aliphatic rings. The molecule has 6 heteroatoms. The van der Waals surface area contributed by atoms with Gasteiger partial charge in [0.25, 0.3) is 0 Å². The third-order valence-electron chi connectivity index (χ3n) is 6.47. The standard InChI is InChI=1S/C27H24N4O2/c32-16-24-25(21-11-13-23(14-12-21)33-22-9-5-2-6-10-22)29-31-26(24)28-17-27(31)18-30(19-27)15-20-7-3-1-4-8-20/h1-14,16,28H,15,17-19H2. The summed E-state index contributed by atoms with van der Waals surface area (Å²) in [6.07, 6.45) is 0.912. The van der Waals surface area contributed by atoms with Crippen molar-refractivity contribution in [1.82, 2.24) is 14.7 Å². The van der Waals surface area contributed by atoms with Crippen molar-refractivity contribution in [3.63, 3.8) is 0 Å². The van der Waals surface area contributed by atoms with Gasteiger partial charge in [-0.2, -0.15) is 5.10 Å². The number of ether oxygens (including phenoxy) is 1. The minimum absolute atomic E-state index is 0.101. The molecule has 33 heavy (non-hydrogen) atoms. The number of carbonyl (C=O) groups is 1. The molecule has 1 aromatic heterocycles. The molecule has 2 aliphatic heterocycles. The summed E-state index contributed by atoms with van der Waals surface area (Å²) in [7, 11) is 0. The normalized spacial score (nSPS) is 16.1. The van der Waals surface area contributed by atoms with Gasteiger partial charge in [-0.15, -0.1) is 0 Å². The second kappa shape index (κ2) is 7.90. The van der Waals surface area contributed by atoms with Crippen molar-refractivity contribution in [2.75, 3.05) is 25.0 Å². The third kappa shape index (κ3) is 3.49. The molecule has 164 valence electrons. The lowest BCUT2D eigenvalue weighted by molar-refractivity contribution is 0.0158. The number of aromatic nitrogens is 2. The Balaban J connectivity index is 1.23. The highest BCUT2D eigenvalue weighted by molar-refractivity contribution is 5.93. The van der Waals surface area contributed by atoms with E-state index in [0.717, 1.165) is 55.3 Å². The number of para-hydroxylation sites is 1. The number of hydrogen-bond acceptors (Lipinski definition) is 5. The van der Waals surface area contributed by atoms with Crippen LogP contribution >= 0.6 is 0 Å². The summed E-state index contributed by atoms with van der Waals surface area (Å²) in [4.78, 5) is 14.4. The van der Waals surface area contributed by atoms with Gasteiger partial charge in [-0.3, -0.25) is 9.69 Å². The molecule has 1 N–H and O–H groups in total. The van der Waals surface area contributed by atoms with Gasteiger partial charge in [0.15, 0.2) is 6.29 Å². The molecule has 0 radical (unpaired) electrons. The van der Waals surface area contributed by atoms with Crippen LogP contribution in [0.25, 0.3) is 11.3 Å². The summed E-state index contributed by atoms with van der Waals surface area (Å²) < 4.78 is 7.94. The van der Waals surface area contributed by atoms with Gasteiger partial charge in [-0.05, 0) is 42.0 Å². The number of hydrogen-bond donors (Lipinski definition) is 1. The van der Waals surface area contributed by atoms with Crippen molar-refractivity contribution in [2.24, 2.45) is 0 Å². The third-order valence-corrected chi connectivity index (χ3v) is 6.47. The minimum Gasteiger partial charge on any atom is -0.457 e. The molecular formula is C27H24N4O2. The van der Waals surface area contributed by atoms with E-state index in [1.807, 2.05) is 65.3 Å². The Kier molecular flexibility index (Phi) is 4.73. The van der Waals surface area contributed by atoms with Gasteiger partial charge >= 0.3 is 0 Å². The molecule has 0 amide bonds. The maximum Gasteiger partial charge on any atom is 0.156 e. The maximum absolute atomic E-state index is 12.0. The average Bonchev–Trinajstić information content (AvgIpc) is 3.38. The van der Waals surface area contributed by atoms with Crippen LogP contribution in [0.1, 0.15) is 15.9 Å². The zero-order valence-electron chi connectivity index (χ0n) is 18.1. The highest BCUT2D eigenvalue weighted by Gasteiger charge is 2.50. The number of benzene rings is 3. The fraction of sp³-hybridized carbons (Fsp3) is 0.185. The molecule has 3 heterocycles. The van der Waals surface area contributed by atoms with E-state index in [-0.39, 0.29) is 5.54 Å². The van der Waals surface area contributed by atoms with Crippen molar-refractivity contribution < 1.29 is 9.53 Å². The molecule has 6 rings (SSSR count). The summed E-state index contributed by atoms with van der Waals surface area (Å²) in [5.74, 6) is 2.36. The first-order valence-electron chi connectivity index (χ1n) is 11.2. The Morgan fingerprint density at radius 3 is 2.27 bits per heavy atom. The quantitative estimate of drug-likeness (QED) is 0.441. The Morgan fingerprint density at radius 1 is 0.909 bits per heavy atom. The molecule has 1 fully saturated rings. The fourth-order valence-corrected chi connectivity index (χ4v) is 4.88. The van der Waals surface area contributed by atoms with E-state index in [2.05, 4.69) is 34.5 Å². The van der Waals surface area contributed by atoms with E-state index < -0.39 is 0 Å². The Hall–Kier alpha value is -3.90. The predicted molar refractivity (Wildman–Crippen MR) is 128 cm³/mol. The van der Waals surface area contributed by atoms with Crippen LogP contribution in [0.4, 0.5) is 5.82 Å². The van der Waals surface area contributed by atoms with Gasteiger partial charge in [0.1, 0.15) is 28.5 Å². The van der Waals surface area contributed by atoms with Crippen LogP contribution in [-0.2, 0) is 12.1 Å². The largest absolute Gasteiger partial charge is 0.457 e. The van der Waals surface area contributed by atoms with E-state index in [1.165, 1.54) is 5.56 Å². The van der Waals surface area contributed by atoms with Crippen LogP contribution in [0.15, 0.2) is 84.9 Å². The van der Waals surface area contributed by atoms with E-state index in [9.17, 15) is 4.79 Å². The van der Waals surface area contributed by atoms with E-state index in [0.29, 0.717) is 11.3 Å². The van der Waals surface area contributed by atoms with Gasteiger partial charge in [0.05, 0.1) is 5.56 Å². The number of rotatable bonds is 6. The van der Waals surface area contributed by atoms with Crippen molar-refractivity contribution in [3.05, 3.63) is 96.1 Å². The Labute approximate surface area is 192 Å². The van der Waals surface area contributed by atoms with Gasteiger partial charge in [-0.25, -0.2) is 4.68 Å². The molecule has 1 spiro atoms. The summed E-state index contributed by atoms with van der Waals surface area (Å²) in [6.45, 7) is 3.54. The number of aldehydes is 1. The highest BCUT2D eigenvalue weighted by atomic mass is 16.5. The first-order chi connectivity index (χ1) is 16.2. The van der Waals surface area contributed by atoms with Crippen molar-refractivity contribution >= 4 is 12.1 Å². The summed E-state index contributed by atoms with van der Waals surface area (Å²) >= 11 is 0. The van der Waals surface area contributed by atoms with Crippen LogP contribution < -0.4 is 10.1 Å². The topological polar surface area (TPSA) is 59.4 Å². The highest BCUT2D eigenvalue weighted by Crippen LogP contribution is 2.41. The SMILES string of the molecule is O=Cc1c(-c2ccc(Oc3ccccc3)cc2)nn2c1NCC21CN(Cc2ccccc2)C1. The second-order valence-electron chi connectivity index (χ2n) is 8.79. The molecule has 4 aromatic rings. The minimum atomic E-state index is -0.101. The van der Waals surface area contributed by atoms with Gasteiger partial charge in [0.2, 0.25) is 0 Å². The van der Waals surface area contributed by atoms with Crippen LogP contribution in [0.5, 0.6) is 11.5 Å². The van der Waals surface area contributed by atoms with Crippen LogP contribution in [0.2, 0.25) is 0 Å². The van der Waals surface area contributed by atoms with Gasteiger partial charge in [-0.1, -0.05) is 48.5 Å². The first kappa shape index (κ1) is 19.8. The Bertz CT molecular complexity index is 1280. The number of fused-ring (bicyclic) bond motifs is 2. The Morgan fingerprint density at radius 2 is 1.58 bits per heavy atom. The number of likely N-dealkylation sites (tertiary alicyclic amines) is 1. The molecular weight excluding hydrogens is 412 g/mol. The van der Waals surface area contributed by atoms with E-state index in [1.54, 1.807) is 0 Å². The van der Waals surface area contributed by atoms with Crippen LogP contribution in [0.3, 0.4) is 0 Å². The number of nitrogens with zero attached hydrogens (tertiary/aromatic N) is 3. The molecule has 0 aliphatic carbocycles. The lowest BCUT2D eigenvalue weighted by Gasteiger charge is -2.47. The molecule has 0 bridgehead atoms. The smallest absolute Gasteiger partial charge is 0.156 e. The van der Waals surface area contributed by atoms with Crippen molar-refractivity contribution in [1.29, 1.82) is 0 Å². The summed E-state index contributed by atoms with van der Waals surface area (Å²) in [5.41, 5.74) is 3.43. The van der Waals surface area contributed by atoms with Crippen LogP contribution in [0, 0.1) is 0 Å². The number of nitrogens with one attached hydrogen (secondary N) is 1. The zero-order chi connectivity index (χ0) is 22.3. The van der Waals surface area contributed by atoms with Crippen molar-refractivity contribution in [3.8, 4) is 22.8 Å². The van der Waals surface area contributed by atoms with Crippen LogP contribution in [-0.4, -0.2) is 40.6 Å². The average molecular weight is 437 g/mol. The summed E-state index contributed by atoms with van der Waals surface area (Å²) in [5, 5.41) is 8.37. The zero-order valence-corrected chi connectivity index (χ0v) is 18.1. The molecule has 0 saturated carbocycles. The fourth-order valence-electron chi connectivity index (χ4n) is 4.88. The van der Waals surface area contributed by atoms with Gasteiger partial charge in [0, 0.05) is 31.7 Å². The first-order valence-corrected chi connectivity index (χ1v) is 11.2. The number of carbonyl (C=O) groups excluding carboxylic acids is 1. The predicted octanol–water partition coefficient (Wildman–Crippen LogP) is 4.79.